The van der Waals surface area contributed by atoms with E-state index in [9.17, 15) is 4.79 Å². The van der Waals surface area contributed by atoms with Gasteiger partial charge in [-0.1, -0.05) is 73.7 Å². The number of carbonyl (C=O) groups is 1. The van der Waals surface area contributed by atoms with Gasteiger partial charge in [0.15, 0.2) is 0 Å². The van der Waals surface area contributed by atoms with E-state index >= 15 is 0 Å². The molecule has 3 heteroatoms. The molecule has 0 saturated heterocycles. The number of rotatable bonds is 6. The minimum Gasteiger partial charge on any atom is -0.352 e. The van der Waals surface area contributed by atoms with Crippen LogP contribution in [0, 0.1) is 5.92 Å². The van der Waals surface area contributed by atoms with Gasteiger partial charge in [-0.3, -0.25) is 4.79 Å². The summed E-state index contributed by atoms with van der Waals surface area (Å²) in [6.45, 7) is 6.35. The highest BCUT2D eigenvalue weighted by Crippen LogP contribution is 2.20. The van der Waals surface area contributed by atoms with Crippen molar-refractivity contribution in [2.45, 2.75) is 39.2 Å². The summed E-state index contributed by atoms with van der Waals surface area (Å²) >= 11 is 2.33. The van der Waals surface area contributed by atoms with E-state index in [1.165, 1.54) is 0 Å². The fourth-order valence-electron chi connectivity index (χ4n) is 1.92. The molecule has 0 aromatic heterocycles. The Balaban J connectivity index is 2.74. The van der Waals surface area contributed by atoms with Gasteiger partial charge in [-0.15, -0.1) is 0 Å². The van der Waals surface area contributed by atoms with Gasteiger partial charge in [0.2, 0.25) is 5.91 Å². The summed E-state index contributed by atoms with van der Waals surface area (Å²) < 4.78 is 0.951. The summed E-state index contributed by atoms with van der Waals surface area (Å²) in [7, 11) is 0. The first-order chi connectivity index (χ1) is 8.60. The van der Waals surface area contributed by atoms with Crippen molar-refractivity contribution in [3.05, 3.63) is 35.9 Å². The summed E-state index contributed by atoms with van der Waals surface area (Å²) in [6, 6.07) is 10.3. The third-order valence-electron chi connectivity index (χ3n) is 3.23. The van der Waals surface area contributed by atoms with Gasteiger partial charge in [-0.05, 0) is 17.9 Å². The number of hydrogen-bond donors (Lipinski definition) is 1. The number of alkyl halides is 1. The highest BCUT2D eigenvalue weighted by Gasteiger charge is 2.22. The first-order valence-corrected chi connectivity index (χ1v) is 8.04. The fourth-order valence-corrected chi connectivity index (χ4v) is 3.16. The summed E-state index contributed by atoms with van der Waals surface area (Å²) in [4.78, 5) is 12.3. The Bertz CT molecular complexity index is 364. The second-order valence-corrected chi connectivity index (χ2v) is 5.77. The van der Waals surface area contributed by atoms with Gasteiger partial charge in [0.25, 0.3) is 0 Å². The topological polar surface area (TPSA) is 29.1 Å². The van der Waals surface area contributed by atoms with E-state index in [1.54, 1.807) is 0 Å². The lowest BCUT2D eigenvalue weighted by molar-refractivity contribution is -0.123. The predicted octanol–water partition coefficient (Wildman–Crippen LogP) is 3.76. The van der Waals surface area contributed by atoms with E-state index < -0.39 is 0 Å². The van der Waals surface area contributed by atoms with E-state index in [1.807, 2.05) is 30.3 Å². The van der Waals surface area contributed by atoms with Crippen molar-refractivity contribution in [1.29, 1.82) is 0 Å². The molecule has 1 rings (SSSR count). The van der Waals surface area contributed by atoms with Crippen molar-refractivity contribution in [3.63, 3.8) is 0 Å². The van der Waals surface area contributed by atoms with Crippen LogP contribution in [0.2, 0.25) is 0 Å². The lowest BCUT2D eigenvalue weighted by Crippen LogP contribution is -2.42. The molecule has 100 valence electrons. The van der Waals surface area contributed by atoms with Gasteiger partial charge in [0.1, 0.15) is 0 Å². The molecule has 0 heterocycles. The Morgan fingerprint density at radius 2 is 1.89 bits per heavy atom. The molecular formula is C15H22INO. The number of benzene rings is 1. The molecule has 0 radical (unpaired) electrons. The minimum atomic E-state index is -0.0320. The van der Waals surface area contributed by atoms with Crippen molar-refractivity contribution in [1.82, 2.24) is 5.32 Å². The quantitative estimate of drug-likeness (QED) is 0.608. The maximum Gasteiger partial charge on any atom is 0.227 e. The van der Waals surface area contributed by atoms with Crippen LogP contribution in [-0.2, 0) is 4.79 Å². The van der Waals surface area contributed by atoms with Crippen LogP contribution in [0.1, 0.15) is 38.7 Å². The third-order valence-corrected chi connectivity index (χ3v) is 4.17. The second-order valence-electron chi connectivity index (χ2n) is 4.88. The highest BCUT2D eigenvalue weighted by atomic mass is 127. The van der Waals surface area contributed by atoms with Crippen molar-refractivity contribution in [3.8, 4) is 0 Å². The van der Waals surface area contributed by atoms with Crippen LogP contribution >= 0.6 is 22.6 Å². The number of hydrogen-bond acceptors (Lipinski definition) is 1. The van der Waals surface area contributed by atoms with Crippen molar-refractivity contribution in [2.24, 2.45) is 5.92 Å². The number of carbonyl (C=O) groups excluding carboxylic acids is 1. The van der Waals surface area contributed by atoms with Crippen LogP contribution < -0.4 is 5.32 Å². The Hall–Kier alpha value is -0.580. The van der Waals surface area contributed by atoms with Crippen LogP contribution in [-0.4, -0.2) is 16.4 Å². The average molecular weight is 359 g/mol. The maximum absolute atomic E-state index is 12.3. The molecule has 1 N–H and O–H groups in total. The Morgan fingerprint density at radius 1 is 1.28 bits per heavy atom. The molecule has 0 spiro atoms. The van der Waals surface area contributed by atoms with Crippen LogP contribution in [0.4, 0.5) is 0 Å². The van der Waals surface area contributed by atoms with Crippen LogP contribution in [0.5, 0.6) is 0 Å². The Kier molecular flexibility index (Phi) is 6.68. The van der Waals surface area contributed by atoms with E-state index in [4.69, 9.17) is 0 Å². The summed E-state index contributed by atoms with van der Waals surface area (Å²) in [5.74, 6) is 0.591. The predicted molar refractivity (Wildman–Crippen MR) is 85.1 cm³/mol. The SMILES string of the molecule is CCC(C(=O)NC(CI)C(C)C)c1ccccc1. The minimum absolute atomic E-state index is 0.0320. The molecule has 0 bridgehead atoms. The van der Waals surface area contributed by atoms with Gasteiger partial charge >= 0.3 is 0 Å². The molecule has 2 nitrogen and oxygen atoms in total. The molecule has 0 aliphatic carbocycles. The zero-order valence-corrected chi connectivity index (χ0v) is 13.5. The first-order valence-electron chi connectivity index (χ1n) is 6.51. The fraction of sp³-hybridized carbons (Fsp3) is 0.533. The molecular weight excluding hydrogens is 337 g/mol. The Morgan fingerprint density at radius 3 is 2.33 bits per heavy atom. The standard InChI is InChI=1S/C15H22INO/c1-4-13(12-8-6-5-7-9-12)15(18)17-14(10-16)11(2)3/h5-9,11,13-14H,4,10H2,1-3H3,(H,17,18). The van der Waals surface area contributed by atoms with Gasteiger partial charge in [-0.25, -0.2) is 0 Å². The molecule has 18 heavy (non-hydrogen) atoms. The van der Waals surface area contributed by atoms with Gasteiger partial charge in [0, 0.05) is 10.5 Å². The van der Waals surface area contributed by atoms with Crippen LogP contribution in [0.25, 0.3) is 0 Å². The van der Waals surface area contributed by atoms with Gasteiger partial charge in [0.05, 0.1) is 5.92 Å². The molecule has 2 atom stereocenters. The van der Waals surface area contributed by atoms with Crippen LogP contribution in [0.3, 0.4) is 0 Å². The molecule has 1 aromatic carbocycles. The normalized spacial score (nSPS) is 14.3. The number of halogens is 1. The van der Waals surface area contributed by atoms with Crippen LogP contribution in [0.15, 0.2) is 30.3 Å². The van der Waals surface area contributed by atoms with E-state index in [0.717, 1.165) is 16.4 Å². The smallest absolute Gasteiger partial charge is 0.227 e. The summed E-state index contributed by atoms with van der Waals surface area (Å²) in [5, 5.41) is 3.17. The zero-order valence-electron chi connectivity index (χ0n) is 11.3. The van der Waals surface area contributed by atoms with Crippen molar-refractivity contribution >= 4 is 28.5 Å². The zero-order chi connectivity index (χ0) is 13.5. The average Bonchev–Trinajstić information content (AvgIpc) is 2.37. The maximum atomic E-state index is 12.3. The lowest BCUT2D eigenvalue weighted by atomic mass is 9.94. The highest BCUT2D eigenvalue weighted by molar-refractivity contribution is 14.1. The molecule has 0 fully saturated rings. The van der Waals surface area contributed by atoms with E-state index in [0.29, 0.717) is 5.92 Å². The number of nitrogens with one attached hydrogen (secondary N) is 1. The monoisotopic (exact) mass is 359 g/mol. The van der Waals surface area contributed by atoms with E-state index in [2.05, 4.69) is 48.7 Å². The lowest BCUT2D eigenvalue weighted by Gasteiger charge is -2.23. The largest absolute Gasteiger partial charge is 0.352 e. The molecule has 0 aliphatic rings. The molecule has 0 saturated carbocycles. The number of amides is 1. The first kappa shape index (κ1) is 15.5. The molecule has 2 unspecified atom stereocenters. The van der Waals surface area contributed by atoms with Gasteiger partial charge in [-0.2, -0.15) is 0 Å². The second kappa shape index (κ2) is 7.77. The van der Waals surface area contributed by atoms with Crippen molar-refractivity contribution in [2.75, 3.05) is 4.43 Å². The molecule has 1 amide bonds. The van der Waals surface area contributed by atoms with Gasteiger partial charge < -0.3 is 5.32 Å². The van der Waals surface area contributed by atoms with Crippen molar-refractivity contribution < 1.29 is 4.79 Å². The summed E-state index contributed by atoms with van der Waals surface area (Å²) in [5.41, 5.74) is 1.11. The Labute approximate surface area is 124 Å². The van der Waals surface area contributed by atoms with E-state index in [-0.39, 0.29) is 17.9 Å². The third kappa shape index (κ3) is 4.26. The summed E-state index contributed by atoms with van der Waals surface area (Å²) in [6.07, 6.45) is 0.835. The molecule has 1 aromatic rings. The molecule has 0 aliphatic heterocycles.